The second-order valence-corrected chi connectivity index (χ2v) is 4.58. The largest absolute Gasteiger partial charge is 0.346 e. The highest BCUT2D eigenvalue weighted by atomic mass is 16.2. The van der Waals surface area contributed by atoms with E-state index < -0.39 is 0 Å². The van der Waals surface area contributed by atoms with Crippen molar-refractivity contribution >= 4 is 18.0 Å². The first-order chi connectivity index (χ1) is 7.99. The van der Waals surface area contributed by atoms with Gasteiger partial charge in [-0.25, -0.2) is 0 Å². The molecule has 1 unspecified atom stereocenters. The number of nitrogens with zero attached hydrogens (tertiary/aromatic N) is 1. The topological polar surface area (TPSA) is 54.5 Å². The number of hydrogen-bond acceptors (Lipinski definition) is 3. The maximum absolute atomic E-state index is 11.7. The molecule has 0 aromatic heterocycles. The number of Topliss-reactive ketones (excluding diaryl/α,β-unsaturated/α-hetero) is 1. The van der Waals surface area contributed by atoms with Crippen LogP contribution >= 0.6 is 0 Å². The lowest BCUT2D eigenvalue weighted by Crippen LogP contribution is -2.32. The summed E-state index contributed by atoms with van der Waals surface area (Å²) >= 11 is 0. The number of aldehydes is 1. The fourth-order valence-electron chi connectivity index (χ4n) is 1.63. The summed E-state index contributed by atoms with van der Waals surface area (Å²) in [7, 11) is 1.76. The van der Waals surface area contributed by atoms with Crippen molar-refractivity contribution in [2.24, 2.45) is 5.92 Å². The van der Waals surface area contributed by atoms with Gasteiger partial charge in [0.15, 0.2) is 0 Å². The van der Waals surface area contributed by atoms with Crippen LogP contribution in [0, 0.1) is 5.92 Å². The minimum Gasteiger partial charge on any atom is -0.346 e. The van der Waals surface area contributed by atoms with E-state index in [4.69, 9.17) is 0 Å². The molecule has 0 heterocycles. The number of hydrogen-bond donors (Lipinski definition) is 0. The summed E-state index contributed by atoms with van der Waals surface area (Å²) in [6.45, 7) is 4.06. The van der Waals surface area contributed by atoms with E-state index in [1.54, 1.807) is 25.8 Å². The molecule has 0 spiro atoms. The van der Waals surface area contributed by atoms with E-state index in [1.807, 2.05) is 0 Å². The molecule has 4 heteroatoms. The Hall–Kier alpha value is -1.19. The Morgan fingerprint density at radius 3 is 2.41 bits per heavy atom. The number of carbonyl (C=O) groups excluding carboxylic acids is 3. The molecule has 0 aliphatic rings. The second kappa shape index (κ2) is 8.90. The van der Waals surface area contributed by atoms with Crippen molar-refractivity contribution in [3.05, 3.63) is 0 Å². The summed E-state index contributed by atoms with van der Waals surface area (Å²) in [5.74, 6) is 0.00687. The molecule has 1 atom stereocenters. The molecule has 0 rings (SSSR count). The molecule has 0 aliphatic carbocycles. The normalized spacial score (nSPS) is 11.9. The van der Waals surface area contributed by atoms with Crippen molar-refractivity contribution in [3.63, 3.8) is 0 Å². The van der Waals surface area contributed by atoms with Gasteiger partial charge in [0, 0.05) is 32.4 Å². The smallest absolute Gasteiger partial charge is 0.225 e. The molecule has 4 nitrogen and oxygen atoms in total. The lowest BCUT2D eigenvalue weighted by molar-refractivity contribution is -0.135. The molecule has 0 N–H and O–H groups in total. The van der Waals surface area contributed by atoms with E-state index in [2.05, 4.69) is 0 Å². The molecule has 0 saturated heterocycles. The quantitative estimate of drug-likeness (QED) is 0.457. The van der Waals surface area contributed by atoms with Gasteiger partial charge in [0.25, 0.3) is 0 Å². The highest BCUT2D eigenvalue weighted by molar-refractivity contribution is 5.80. The van der Waals surface area contributed by atoms with Crippen LogP contribution in [0.5, 0.6) is 0 Å². The fourth-order valence-corrected chi connectivity index (χ4v) is 1.63. The van der Waals surface area contributed by atoms with Crippen molar-refractivity contribution in [1.29, 1.82) is 0 Å². The van der Waals surface area contributed by atoms with Gasteiger partial charge < -0.3 is 14.5 Å². The number of unbranched alkanes of at least 4 members (excludes halogenated alkanes) is 2. The predicted molar refractivity (Wildman–Crippen MR) is 66.6 cm³/mol. The molecule has 98 valence electrons. The van der Waals surface area contributed by atoms with Crippen LogP contribution in [0.25, 0.3) is 0 Å². The van der Waals surface area contributed by atoms with Gasteiger partial charge in [-0.05, 0) is 19.8 Å². The van der Waals surface area contributed by atoms with E-state index in [0.717, 1.165) is 25.5 Å². The van der Waals surface area contributed by atoms with Crippen LogP contribution in [0.3, 0.4) is 0 Å². The van der Waals surface area contributed by atoms with Crippen molar-refractivity contribution in [3.8, 4) is 0 Å². The lowest BCUT2D eigenvalue weighted by Gasteiger charge is -2.20. The zero-order chi connectivity index (χ0) is 13.3. The highest BCUT2D eigenvalue weighted by Gasteiger charge is 2.16. The maximum Gasteiger partial charge on any atom is 0.225 e. The van der Waals surface area contributed by atoms with Gasteiger partial charge in [0.2, 0.25) is 5.91 Å². The van der Waals surface area contributed by atoms with E-state index in [0.29, 0.717) is 13.0 Å². The van der Waals surface area contributed by atoms with Crippen molar-refractivity contribution < 1.29 is 14.4 Å². The first-order valence-corrected chi connectivity index (χ1v) is 6.17. The molecule has 0 saturated carbocycles. The standard InChI is InChI=1S/C13H23NO3/c1-11(8-10-15)13(17)14(3)9-6-4-5-7-12(2)16/h10-11H,4-9H2,1-3H3. The van der Waals surface area contributed by atoms with Crippen LogP contribution in [0.2, 0.25) is 0 Å². The number of ketones is 1. The Morgan fingerprint density at radius 1 is 1.24 bits per heavy atom. The van der Waals surface area contributed by atoms with Crippen LogP contribution in [0.4, 0.5) is 0 Å². The van der Waals surface area contributed by atoms with Crippen LogP contribution < -0.4 is 0 Å². The summed E-state index contributed by atoms with van der Waals surface area (Å²) in [5.41, 5.74) is 0. The van der Waals surface area contributed by atoms with Crippen LogP contribution in [0.15, 0.2) is 0 Å². The Bertz CT molecular complexity index is 263. The first-order valence-electron chi connectivity index (χ1n) is 6.17. The Balaban J connectivity index is 3.70. The highest BCUT2D eigenvalue weighted by Crippen LogP contribution is 2.07. The molecule has 0 aromatic rings. The maximum atomic E-state index is 11.7. The number of amides is 1. The molecule has 0 fully saturated rings. The van der Waals surface area contributed by atoms with E-state index >= 15 is 0 Å². The van der Waals surface area contributed by atoms with Gasteiger partial charge in [-0.15, -0.1) is 0 Å². The molecule has 1 amide bonds. The Kier molecular flexibility index (Phi) is 8.28. The average molecular weight is 241 g/mol. The predicted octanol–water partition coefficient (Wildman–Crippen LogP) is 1.82. The van der Waals surface area contributed by atoms with E-state index in [-0.39, 0.29) is 24.0 Å². The van der Waals surface area contributed by atoms with Gasteiger partial charge in [-0.2, -0.15) is 0 Å². The van der Waals surface area contributed by atoms with Gasteiger partial charge in [-0.1, -0.05) is 13.3 Å². The minimum atomic E-state index is -0.227. The van der Waals surface area contributed by atoms with Crippen molar-refractivity contribution in [1.82, 2.24) is 4.90 Å². The molecular weight excluding hydrogens is 218 g/mol. The molecule has 0 radical (unpaired) electrons. The molecular formula is C13H23NO3. The molecule has 0 bridgehead atoms. The monoisotopic (exact) mass is 241 g/mol. The lowest BCUT2D eigenvalue weighted by atomic mass is 10.1. The first kappa shape index (κ1) is 15.8. The zero-order valence-electron chi connectivity index (χ0n) is 11.1. The molecule has 17 heavy (non-hydrogen) atoms. The third kappa shape index (κ3) is 7.66. The number of rotatable bonds is 9. The Labute approximate surface area is 103 Å². The SMILES string of the molecule is CC(=O)CCCCCN(C)C(=O)C(C)CC=O. The molecule has 0 aliphatic heterocycles. The van der Waals surface area contributed by atoms with Gasteiger partial charge in [-0.3, -0.25) is 4.79 Å². The van der Waals surface area contributed by atoms with Crippen molar-refractivity contribution in [2.45, 2.75) is 46.0 Å². The van der Waals surface area contributed by atoms with Gasteiger partial charge in [0.05, 0.1) is 0 Å². The third-order valence-electron chi connectivity index (χ3n) is 2.77. The summed E-state index contributed by atoms with van der Waals surface area (Å²) in [6.07, 6.45) is 4.44. The van der Waals surface area contributed by atoms with E-state index in [1.165, 1.54) is 0 Å². The van der Waals surface area contributed by atoms with E-state index in [9.17, 15) is 14.4 Å². The third-order valence-corrected chi connectivity index (χ3v) is 2.77. The summed E-state index contributed by atoms with van der Waals surface area (Å²) in [5, 5.41) is 0. The van der Waals surface area contributed by atoms with Gasteiger partial charge >= 0.3 is 0 Å². The van der Waals surface area contributed by atoms with Crippen LogP contribution in [-0.2, 0) is 14.4 Å². The fraction of sp³-hybridized carbons (Fsp3) is 0.769. The summed E-state index contributed by atoms with van der Waals surface area (Å²) in [6, 6.07) is 0. The molecule has 0 aromatic carbocycles. The summed E-state index contributed by atoms with van der Waals surface area (Å²) < 4.78 is 0. The van der Waals surface area contributed by atoms with Crippen molar-refractivity contribution in [2.75, 3.05) is 13.6 Å². The second-order valence-electron chi connectivity index (χ2n) is 4.58. The minimum absolute atomic E-state index is 0.0173. The summed E-state index contributed by atoms with van der Waals surface area (Å²) in [4.78, 5) is 34.4. The average Bonchev–Trinajstić information content (AvgIpc) is 2.27. The van der Waals surface area contributed by atoms with Crippen LogP contribution in [-0.4, -0.2) is 36.5 Å². The Morgan fingerprint density at radius 2 is 1.88 bits per heavy atom. The zero-order valence-corrected chi connectivity index (χ0v) is 11.1. The van der Waals surface area contributed by atoms with Gasteiger partial charge in [0.1, 0.15) is 12.1 Å². The number of carbonyl (C=O) groups is 3. The van der Waals surface area contributed by atoms with Crippen LogP contribution in [0.1, 0.15) is 46.0 Å².